The van der Waals surface area contributed by atoms with Crippen molar-refractivity contribution in [1.29, 1.82) is 0 Å². The summed E-state index contributed by atoms with van der Waals surface area (Å²) in [6.07, 6.45) is 0. The molecule has 2 N–H and O–H groups in total. The summed E-state index contributed by atoms with van der Waals surface area (Å²) in [5.41, 5.74) is 7.08. The van der Waals surface area contributed by atoms with Crippen LogP contribution in [0.2, 0.25) is 0 Å². The molecular weight excluding hydrogens is 346 g/mol. The molecule has 1 aliphatic rings. The molecule has 3 heterocycles. The summed E-state index contributed by atoms with van der Waals surface area (Å²) in [5, 5.41) is 0.990. The van der Waals surface area contributed by atoms with Crippen molar-refractivity contribution in [1.82, 2.24) is 19.8 Å². The maximum absolute atomic E-state index is 12.5. The molecule has 2 aromatic heterocycles. The van der Waals surface area contributed by atoms with E-state index in [0.717, 1.165) is 42.2 Å². The second kappa shape index (κ2) is 6.78. The van der Waals surface area contributed by atoms with Crippen LogP contribution in [-0.2, 0) is 4.79 Å². The molecule has 1 aliphatic heterocycles. The van der Waals surface area contributed by atoms with E-state index in [1.54, 1.807) is 11.3 Å². The summed E-state index contributed by atoms with van der Waals surface area (Å²) < 4.78 is 0. The maximum Gasteiger partial charge on any atom is 0.228 e. The quantitative estimate of drug-likeness (QED) is 0.873. The number of carbonyl (C=O) groups excluding carboxylic acids is 1. The number of hydrogen-bond acceptors (Lipinski definition) is 6. The van der Waals surface area contributed by atoms with E-state index in [1.165, 1.54) is 10.4 Å². The predicted molar refractivity (Wildman–Crippen MR) is 107 cm³/mol. The number of nitrogen functional groups attached to an aromatic ring is 1. The van der Waals surface area contributed by atoms with Gasteiger partial charge < -0.3 is 10.6 Å². The van der Waals surface area contributed by atoms with Crippen LogP contribution < -0.4 is 5.73 Å². The Labute approximate surface area is 159 Å². The maximum atomic E-state index is 12.5. The van der Waals surface area contributed by atoms with Gasteiger partial charge in [-0.2, -0.15) is 0 Å². The first-order valence-electron chi connectivity index (χ1n) is 9.16. The predicted octanol–water partition coefficient (Wildman–Crippen LogP) is 3.14. The molecule has 6 nitrogen and oxygen atoms in total. The lowest BCUT2D eigenvalue weighted by Crippen LogP contribution is -2.52. The summed E-state index contributed by atoms with van der Waals surface area (Å²) in [6.45, 7) is 15.3. The molecule has 0 aliphatic carbocycles. The highest BCUT2D eigenvalue weighted by Gasteiger charge is 2.31. The Morgan fingerprint density at radius 3 is 2.35 bits per heavy atom. The molecule has 7 heteroatoms. The minimum absolute atomic E-state index is 0.0799. The van der Waals surface area contributed by atoms with Gasteiger partial charge in [0.2, 0.25) is 5.91 Å². The highest BCUT2D eigenvalue weighted by atomic mass is 32.1. The van der Waals surface area contributed by atoms with Gasteiger partial charge in [-0.25, -0.2) is 9.97 Å². The Balaban J connectivity index is 1.76. The van der Waals surface area contributed by atoms with E-state index in [9.17, 15) is 4.79 Å². The Morgan fingerprint density at radius 2 is 1.77 bits per heavy atom. The largest absolute Gasteiger partial charge is 0.383 e. The van der Waals surface area contributed by atoms with Gasteiger partial charge in [-0.05, 0) is 26.3 Å². The number of aryl methyl sites for hydroxylation is 2. The summed E-state index contributed by atoms with van der Waals surface area (Å²) in [4.78, 5) is 28.3. The summed E-state index contributed by atoms with van der Waals surface area (Å²) in [6, 6.07) is 0.0799. The van der Waals surface area contributed by atoms with Crippen molar-refractivity contribution < 1.29 is 4.79 Å². The van der Waals surface area contributed by atoms with E-state index in [0.29, 0.717) is 5.82 Å². The molecule has 0 radical (unpaired) electrons. The van der Waals surface area contributed by atoms with Gasteiger partial charge in [0, 0.05) is 36.5 Å². The highest BCUT2D eigenvalue weighted by Crippen LogP contribution is 2.33. The Bertz CT molecular complexity index is 831. The minimum Gasteiger partial charge on any atom is -0.383 e. The van der Waals surface area contributed by atoms with Crippen LogP contribution in [0.1, 0.15) is 50.0 Å². The Hall–Kier alpha value is -1.73. The lowest BCUT2D eigenvalue weighted by Gasteiger charge is -2.39. The Kier molecular flexibility index (Phi) is 4.96. The fourth-order valence-electron chi connectivity index (χ4n) is 3.43. The number of amides is 1. The average molecular weight is 376 g/mol. The fraction of sp³-hybridized carbons (Fsp3) is 0.632. The van der Waals surface area contributed by atoms with Crippen LogP contribution in [0, 0.1) is 19.3 Å². The molecular formula is C19H29N5OS. The normalized spacial score (nSPS) is 17.7. The fourth-order valence-corrected chi connectivity index (χ4v) is 4.48. The van der Waals surface area contributed by atoms with Gasteiger partial charge in [-0.1, -0.05) is 20.8 Å². The van der Waals surface area contributed by atoms with Crippen molar-refractivity contribution in [2.24, 2.45) is 5.41 Å². The molecule has 0 saturated carbocycles. The van der Waals surface area contributed by atoms with Crippen LogP contribution in [0.25, 0.3) is 10.2 Å². The first kappa shape index (κ1) is 19.0. The van der Waals surface area contributed by atoms with Crippen LogP contribution >= 0.6 is 11.3 Å². The second-order valence-corrected chi connectivity index (χ2v) is 9.39. The van der Waals surface area contributed by atoms with Gasteiger partial charge in [-0.3, -0.25) is 9.69 Å². The Morgan fingerprint density at radius 1 is 1.15 bits per heavy atom. The van der Waals surface area contributed by atoms with E-state index in [-0.39, 0.29) is 17.4 Å². The van der Waals surface area contributed by atoms with E-state index >= 15 is 0 Å². The number of aromatic nitrogens is 2. The van der Waals surface area contributed by atoms with Crippen molar-refractivity contribution >= 4 is 33.3 Å². The molecule has 142 valence electrons. The number of hydrogen-bond donors (Lipinski definition) is 1. The summed E-state index contributed by atoms with van der Waals surface area (Å²) in [7, 11) is 0. The average Bonchev–Trinajstić information content (AvgIpc) is 2.87. The monoisotopic (exact) mass is 375 g/mol. The summed E-state index contributed by atoms with van der Waals surface area (Å²) in [5.74, 6) is 1.56. The highest BCUT2D eigenvalue weighted by molar-refractivity contribution is 7.18. The number of nitrogens with zero attached hydrogens (tertiary/aromatic N) is 4. The second-order valence-electron chi connectivity index (χ2n) is 8.18. The molecule has 1 fully saturated rings. The van der Waals surface area contributed by atoms with Gasteiger partial charge in [-0.15, -0.1) is 11.3 Å². The molecule has 1 atom stereocenters. The number of nitrogens with two attached hydrogens (primary N) is 1. The molecule has 0 unspecified atom stereocenters. The first-order chi connectivity index (χ1) is 12.1. The van der Waals surface area contributed by atoms with E-state index in [4.69, 9.17) is 10.7 Å². The zero-order valence-corrected chi connectivity index (χ0v) is 17.4. The van der Waals surface area contributed by atoms with E-state index < -0.39 is 0 Å². The molecule has 1 amide bonds. The molecule has 1 saturated heterocycles. The van der Waals surface area contributed by atoms with Gasteiger partial charge in [0.15, 0.2) is 0 Å². The zero-order chi connectivity index (χ0) is 19.2. The van der Waals surface area contributed by atoms with E-state index in [1.807, 2.05) is 25.7 Å². The third kappa shape index (κ3) is 3.42. The smallest absolute Gasteiger partial charge is 0.228 e. The number of rotatable bonds is 2. The molecule has 0 spiro atoms. The molecule has 26 heavy (non-hydrogen) atoms. The van der Waals surface area contributed by atoms with Gasteiger partial charge >= 0.3 is 0 Å². The van der Waals surface area contributed by atoms with Crippen LogP contribution in [0.5, 0.6) is 0 Å². The first-order valence-corrected chi connectivity index (χ1v) is 9.97. The van der Waals surface area contributed by atoms with Crippen molar-refractivity contribution in [3.8, 4) is 0 Å². The van der Waals surface area contributed by atoms with Crippen LogP contribution in [0.15, 0.2) is 0 Å². The minimum atomic E-state index is -0.328. The van der Waals surface area contributed by atoms with Gasteiger partial charge in [0.05, 0.1) is 11.4 Å². The molecule has 0 aromatic carbocycles. The SMILES string of the molecule is Cc1sc2nc([C@H](C)N3CCN(C(=O)C(C)(C)C)CC3)nc(N)c2c1C. The third-order valence-corrected chi connectivity index (χ3v) is 6.34. The number of fused-ring (bicyclic) bond motifs is 1. The molecule has 2 aromatic rings. The number of thiophene rings is 1. The van der Waals surface area contributed by atoms with Crippen LogP contribution in [0.3, 0.4) is 0 Å². The molecule has 3 rings (SSSR count). The lowest BCUT2D eigenvalue weighted by molar-refractivity contribution is -0.141. The van der Waals surface area contributed by atoms with Gasteiger partial charge in [0.25, 0.3) is 0 Å². The number of piperazine rings is 1. The number of anilines is 1. The lowest BCUT2D eigenvalue weighted by atomic mass is 9.94. The van der Waals surface area contributed by atoms with Crippen molar-refractivity contribution in [3.05, 3.63) is 16.3 Å². The topological polar surface area (TPSA) is 75.4 Å². The van der Waals surface area contributed by atoms with Crippen LogP contribution in [0.4, 0.5) is 5.82 Å². The standard InChI is InChI=1S/C19H29N5OS/c1-11-13(3)26-17-14(11)15(20)21-16(22-17)12(2)23-7-9-24(10-8-23)18(25)19(4,5)6/h12H,7-10H2,1-6H3,(H2,20,21,22)/t12-/m0/s1. The van der Waals surface area contributed by atoms with Crippen LogP contribution in [-0.4, -0.2) is 51.9 Å². The van der Waals surface area contributed by atoms with Crippen molar-refractivity contribution in [2.45, 2.75) is 47.6 Å². The van der Waals surface area contributed by atoms with E-state index in [2.05, 4.69) is 30.7 Å². The summed E-state index contributed by atoms with van der Waals surface area (Å²) >= 11 is 1.68. The third-order valence-electron chi connectivity index (χ3n) is 5.24. The molecule has 0 bridgehead atoms. The van der Waals surface area contributed by atoms with Crippen molar-refractivity contribution in [3.63, 3.8) is 0 Å². The van der Waals surface area contributed by atoms with Crippen molar-refractivity contribution in [2.75, 3.05) is 31.9 Å². The number of carbonyl (C=O) groups is 1. The zero-order valence-electron chi connectivity index (χ0n) is 16.6. The van der Waals surface area contributed by atoms with Gasteiger partial charge in [0.1, 0.15) is 16.5 Å².